The van der Waals surface area contributed by atoms with E-state index in [-0.39, 0.29) is 12.3 Å². The van der Waals surface area contributed by atoms with Gasteiger partial charge in [-0.15, -0.1) is 0 Å². The number of allylic oxidation sites excluding steroid dienone is 13. The number of aliphatic hydroxyl groups is 1. The Morgan fingerprint density at radius 1 is 0.528 bits per heavy atom. The molecule has 3 N–H and O–H groups in total. The normalized spacial score (nSPS) is 14.1. The van der Waals surface area contributed by atoms with Crippen molar-refractivity contribution in [3.63, 3.8) is 0 Å². The summed E-state index contributed by atoms with van der Waals surface area (Å²) in [6.07, 6.45) is 57.1. The first-order chi connectivity index (χ1) is 25.8. The fourth-order valence-electron chi connectivity index (χ4n) is 5.88. The number of carbonyl (C=O) groups excluding carboxylic acids is 1. The van der Waals surface area contributed by atoms with E-state index < -0.39 is 28.0 Å². The molecule has 0 radical (unpaired) electrons. The summed E-state index contributed by atoms with van der Waals surface area (Å²) in [7, 11) is -4.36. The van der Waals surface area contributed by atoms with Gasteiger partial charge in [0, 0.05) is 6.42 Å². The Morgan fingerprint density at radius 3 is 1.42 bits per heavy atom. The van der Waals surface area contributed by atoms with Crippen LogP contribution in [0.3, 0.4) is 0 Å². The van der Waals surface area contributed by atoms with Crippen LogP contribution in [0.25, 0.3) is 0 Å². The molecule has 0 aromatic rings. The van der Waals surface area contributed by atoms with Gasteiger partial charge in [-0.1, -0.05) is 176 Å². The zero-order valence-electron chi connectivity index (χ0n) is 33.9. The molecule has 304 valence electrons. The first kappa shape index (κ1) is 50.5. The SMILES string of the molecule is CC/C=C\C/C=C\C/C=C\C/C=C\CCCCCCCCCCCCC(=O)NC(CS(=O)(=O)O)C(O)/C=C/CC/C=C/CC/C=C/CCCCCCC. The van der Waals surface area contributed by atoms with E-state index in [0.29, 0.717) is 6.42 Å². The minimum atomic E-state index is -4.36. The van der Waals surface area contributed by atoms with Crippen molar-refractivity contribution in [2.75, 3.05) is 5.75 Å². The lowest BCUT2D eigenvalue weighted by molar-refractivity contribution is -0.122. The van der Waals surface area contributed by atoms with Gasteiger partial charge in [0.05, 0.1) is 17.9 Å². The van der Waals surface area contributed by atoms with Crippen LogP contribution >= 0.6 is 0 Å². The number of aliphatic hydroxyl groups excluding tert-OH is 1. The second kappa shape index (κ2) is 39.2. The van der Waals surface area contributed by atoms with Gasteiger partial charge in [-0.2, -0.15) is 8.42 Å². The van der Waals surface area contributed by atoms with Gasteiger partial charge in [-0.05, 0) is 83.5 Å². The van der Waals surface area contributed by atoms with Gasteiger partial charge < -0.3 is 10.4 Å². The smallest absolute Gasteiger partial charge is 0.267 e. The van der Waals surface area contributed by atoms with Crippen LogP contribution in [0.1, 0.15) is 181 Å². The molecule has 2 atom stereocenters. The Balaban J connectivity index is 3.96. The predicted molar refractivity (Wildman–Crippen MR) is 230 cm³/mol. The third kappa shape index (κ3) is 40.5. The third-order valence-corrected chi connectivity index (χ3v) is 9.81. The van der Waals surface area contributed by atoms with E-state index in [2.05, 4.69) is 92.1 Å². The topological polar surface area (TPSA) is 104 Å². The summed E-state index contributed by atoms with van der Waals surface area (Å²) in [5.74, 6) is -1.02. The van der Waals surface area contributed by atoms with Crippen LogP contribution in [0.2, 0.25) is 0 Å². The summed E-state index contributed by atoms with van der Waals surface area (Å²) in [6, 6.07) is -1.09. The molecule has 7 heteroatoms. The molecule has 0 spiro atoms. The largest absolute Gasteiger partial charge is 0.387 e. The highest BCUT2D eigenvalue weighted by molar-refractivity contribution is 7.85. The van der Waals surface area contributed by atoms with Crippen LogP contribution in [-0.2, 0) is 14.9 Å². The quantitative estimate of drug-likeness (QED) is 0.0332. The van der Waals surface area contributed by atoms with Crippen molar-refractivity contribution in [2.45, 2.75) is 193 Å². The van der Waals surface area contributed by atoms with Crippen molar-refractivity contribution < 1.29 is 22.9 Å². The van der Waals surface area contributed by atoms with Crippen molar-refractivity contribution in [2.24, 2.45) is 0 Å². The minimum Gasteiger partial charge on any atom is -0.387 e. The van der Waals surface area contributed by atoms with E-state index in [4.69, 9.17) is 0 Å². The van der Waals surface area contributed by atoms with Crippen LogP contribution in [-0.4, -0.2) is 41.9 Å². The summed E-state index contributed by atoms with van der Waals surface area (Å²) in [5, 5.41) is 13.2. The fourth-order valence-corrected chi connectivity index (χ4v) is 6.62. The van der Waals surface area contributed by atoms with Gasteiger partial charge in [0.1, 0.15) is 0 Å². The average molecular weight is 758 g/mol. The first-order valence-electron chi connectivity index (χ1n) is 21.3. The lowest BCUT2D eigenvalue weighted by Crippen LogP contribution is -2.46. The number of nitrogens with one attached hydrogen (secondary N) is 1. The Bertz CT molecular complexity index is 1150. The highest BCUT2D eigenvalue weighted by Gasteiger charge is 2.24. The number of rotatable bonds is 37. The molecule has 2 unspecified atom stereocenters. The van der Waals surface area contributed by atoms with Crippen molar-refractivity contribution in [1.82, 2.24) is 5.32 Å². The number of hydrogen-bond acceptors (Lipinski definition) is 4. The third-order valence-electron chi connectivity index (χ3n) is 9.03. The maximum Gasteiger partial charge on any atom is 0.267 e. The predicted octanol–water partition coefficient (Wildman–Crippen LogP) is 12.8. The highest BCUT2D eigenvalue weighted by atomic mass is 32.2. The second-order valence-electron chi connectivity index (χ2n) is 14.2. The molecular weight excluding hydrogens is 679 g/mol. The Morgan fingerprint density at radius 2 is 0.925 bits per heavy atom. The summed E-state index contributed by atoms with van der Waals surface area (Å²) < 4.78 is 32.5. The summed E-state index contributed by atoms with van der Waals surface area (Å²) in [6.45, 7) is 4.39. The van der Waals surface area contributed by atoms with Crippen LogP contribution in [0.5, 0.6) is 0 Å². The molecule has 0 rings (SSSR count). The number of hydrogen-bond donors (Lipinski definition) is 3. The van der Waals surface area contributed by atoms with E-state index in [0.717, 1.165) is 83.5 Å². The first-order valence-corrected chi connectivity index (χ1v) is 22.9. The van der Waals surface area contributed by atoms with Crippen LogP contribution in [0, 0.1) is 0 Å². The van der Waals surface area contributed by atoms with Crippen molar-refractivity contribution in [3.05, 3.63) is 85.1 Å². The van der Waals surface area contributed by atoms with E-state index >= 15 is 0 Å². The Kier molecular flexibility index (Phi) is 37.4. The molecule has 0 saturated carbocycles. The molecule has 0 aliphatic rings. The Labute approximate surface area is 326 Å². The number of unbranched alkanes of at least 4 members (excludes halogenated alkanes) is 17. The van der Waals surface area contributed by atoms with Gasteiger partial charge in [-0.25, -0.2) is 0 Å². The molecule has 53 heavy (non-hydrogen) atoms. The van der Waals surface area contributed by atoms with E-state index in [1.807, 2.05) is 0 Å². The zero-order valence-corrected chi connectivity index (χ0v) is 34.7. The number of amides is 1. The summed E-state index contributed by atoms with van der Waals surface area (Å²) >= 11 is 0. The Hall–Kier alpha value is -2.48. The molecule has 0 aromatic heterocycles. The van der Waals surface area contributed by atoms with Crippen molar-refractivity contribution >= 4 is 16.0 Å². The standard InChI is InChI=1S/C46H79NO5S/c1-3-5-7-9-11-13-15-17-19-20-21-22-23-24-25-26-28-30-32-34-36-38-40-42-46(49)47-44(43-53(50,51)52)45(48)41-39-37-35-33-31-29-27-18-16-14-12-10-8-6-4-2/h5,7,11,13,16-19,21-22,31,33,39,41,44-45,48H,3-4,6,8-10,12,14-15,20,23-30,32,34-38,40,42-43H2,1-2H3,(H,47,49)(H,50,51,52)/b7-5-,13-11-,18-16+,19-17-,22-21-,33-31+,41-39+. The molecule has 0 bridgehead atoms. The second-order valence-corrected chi connectivity index (χ2v) is 15.7. The lowest BCUT2D eigenvalue weighted by atomic mass is 10.0. The molecule has 0 saturated heterocycles. The zero-order chi connectivity index (χ0) is 38.9. The lowest BCUT2D eigenvalue weighted by Gasteiger charge is -2.21. The van der Waals surface area contributed by atoms with Gasteiger partial charge in [0.15, 0.2) is 0 Å². The number of carbonyl (C=O) groups is 1. The maximum atomic E-state index is 12.5. The average Bonchev–Trinajstić information content (AvgIpc) is 3.12. The van der Waals surface area contributed by atoms with Gasteiger partial charge in [0.25, 0.3) is 10.1 Å². The fraction of sp³-hybridized carbons (Fsp3) is 0.674. The minimum absolute atomic E-state index is 0.274. The van der Waals surface area contributed by atoms with Crippen molar-refractivity contribution in [1.29, 1.82) is 0 Å². The molecule has 1 amide bonds. The van der Waals surface area contributed by atoms with Gasteiger partial charge >= 0.3 is 0 Å². The van der Waals surface area contributed by atoms with Gasteiger partial charge in [0.2, 0.25) is 5.91 Å². The van der Waals surface area contributed by atoms with Crippen LogP contribution in [0.15, 0.2) is 85.1 Å². The van der Waals surface area contributed by atoms with E-state index in [9.17, 15) is 22.9 Å². The monoisotopic (exact) mass is 758 g/mol. The molecule has 0 fully saturated rings. The molecule has 0 aliphatic carbocycles. The molecule has 6 nitrogen and oxygen atoms in total. The molecule has 0 heterocycles. The van der Waals surface area contributed by atoms with Crippen LogP contribution < -0.4 is 5.32 Å². The maximum absolute atomic E-state index is 12.5. The highest BCUT2D eigenvalue weighted by Crippen LogP contribution is 2.13. The summed E-state index contributed by atoms with van der Waals surface area (Å²) in [5.41, 5.74) is 0. The molecule has 0 aliphatic heterocycles. The van der Waals surface area contributed by atoms with Gasteiger partial charge in [-0.3, -0.25) is 9.35 Å². The van der Waals surface area contributed by atoms with Crippen LogP contribution in [0.4, 0.5) is 0 Å². The van der Waals surface area contributed by atoms with E-state index in [1.54, 1.807) is 6.08 Å². The molecular formula is C46H79NO5S. The van der Waals surface area contributed by atoms with Crippen molar-refractivity contribution in [3.8, 4) is 0 Å². The summed E-state index contributed by atoms with van der Waals surface area (Å²) in [4.78, 5) is 12.5. The van der Waals surface area contributed by atoms with E-state index in [1.165, 1.54) is 76.7 Å². The molecule has 0 aromatic carbocycles.